The molecule has 0 aromatic carbocycles. The van der Waals surface area contributed by atoms with Gasteiger partial charge in [-0.05, 0) is 19.8 Å². The van der Waals surface area contributed by atoms with Gasteiger partial charge in [0.05, 0.1) is 12.5 Å². The van der Waals surface area contributed by atoms with Crippen molar-refractivity contribution < 1.29 is 19.1 Å². The molecule has 0 spiro atoms. The third-order valence-corrected chi connectivity index (χ3v) is 2.93. The van der Waals surface area contributed by atoms with Crippen LogP contribution in [0, 0.1) is 5.92 Å². The quantitative estimate of drug-likeness (QED) is 0.445. The Morgan fingerprint density at radius 1 is 1.47 bits per heavy atom. The Labute approximate surface area is 112 Å². The highest BCUT2D eigenvalue weighted by Crippen LogP contribution is 2.18. The zero-order chi connectivity index (χ0) is 14.3. The van der Waals surface area contributed by atoms with Crippen LogP contribution in [0.1, 0.15) is 19.8 Å². The van der Waals surface area contributed by atoms with Crippen molar-refractivity contribution in [3.05, 3.63) is 12.7 Å². The van der Waals surface area contributed by atoms with Crippen LogP contribution in [0.25, 0.3) is 0 Å². The summed E-state index contributed by atoms with van der Waals surface area (Å²) < 4.78 is 4.94. The van der Waals surface area contributed by atoms with Crippen molar-refractivity contribution >= 4 is 17.8 Å². The summed E-state index contributed by atoms with van der Waals surface area (Å²) in [7, 11) is 0. The molecule has 0 aromatic rings. The maximum atomic E-state index is 11.9. The Morgan fingerprint density at radius 2 is 2.21 bits per heavy atom. The highest BCUT2D eigenvalue weighted by atomic mass is 16.5. The molecule has 0 radical (unpaired) electrons. The second-order valence-corrected chi connectivity index (χ2v) is 4.34. The van der Waals surface area contributed by atoms with Crippen LogP contribution in [0.2, 0.25) is 0 Å². The molecule has 1 atom stereocenters. The van der Waals surface area contributed by atoms with Gasteiger partial charge < -0.3 is 15.0 Å². The second-order valence-electron chi connectivity index (χ2n) is 4.34. The van der Waals surface area contributed by atoms with Gasteiger partial charge in [-0.15, -0.1) is 6.58 Å². The van der Waals surface area contributed by atoms with E-state index in [1.165, 1.54) is 11.0 Å². The molecule has 1 N–H and O–H groups in total. The molecule has 19 heavy (non-hydrogen) atoms. The van der Waals surface area contributed by atoms with E-state index in [9.17, 15) is 14.4 Å². The van der Waals surface area contributed by atoms with Crippen molar-refractivity contribution in [3.8, 4) is 0 Å². The number of carbonyl (C=O) groups excluding carboxylic acids is 3. The first kappa shape index (κ1) is 15.2. The largest absolute Gasteiger partial charge is 0.466 e. The summed E-state index contributed by atoms with van der Waals surface area (Å²) in [6, 6.07) is 0. The predicted octanol–water partition coefficient (Wildman–Crippen LogP) is 0.0903. The maximum absolute atomic E-state index is 11.9. The van der Waals surface area contributed by atoms with Gasteiger partial charge in [0.25, 0.3) is 0 Å². The minimum absolute atomic E-state index is 0.249. The molecule has 2 amide bonds. The topological polar surface area (TPSA) is 75.7 Å². The van der Waals surface area contributed by atoms with Gasteiger partial charge >= 0.3 is 17.8 Å². The average Bonchev–Trinajstić information content (AvgIpc) is 2.44. The number of ether oxygens (including phenoxy) is 1. The van der Waals surface area contributed by atoms with Crippen LogP contribution in [0.3, 0.4) is 0 Å². The number of nitrogens with one attached hydrogen (secondary N) is 1. The van der Waals surface area contributed by atoms with Crippen LogP contribution < -0.4 is 5.32 Å². The summed E-state index contributed by atoms with van der Waals surface area (Å²) in [5.41, 5.74) is 0. The molecule has 1 aliphatic heterocycles. The summed E-state index contributed by atoms with van der Waals surface area (Å²) in [4.78, 5) is 36.4. The van der Waals surface area contributed by atoms with Gasteiger partial charge in [-0.2, -0.15) is 0 Å². The number of carbonyl (C=O) groups is 3. The van der Waals surface area contributed by atoms with E-state index in [4.69, 9.17) is 4.74 Å². The zero-order valence-electron chi connectivity index (χ0n) is 11.2. The molecule has 6 nitrogen and oxygen atoms in total. The van der Waals surface area contributed by atoms with E-state index in [2.05, 4.69) is 11.9 Å². The SMILES string of the molecule is C=CCNC(=O)C(=O)N1CCCC(C(=O)OCC)C1. The third kappa shape index (κ3) is 4.39. The first-order valence-corrected chi connectivity index (χ1v) is 6.44. The van der Waals surface area contributed by atoms with Gasteiger partial charge in [-0.3, -0.25) is 14.4 Å². The molecule has 1 aliphatic rings. The molecule has 1 heterocycles. The van der Waals surface area contributed by atoms with E-state index < -0.39 is 11.8 Å². The normalized spacial score (nSPS) is 18.6. The molecular weight excluding hydrogens is 248 g/mol. The molecule has 6 heteroatoms. The molecule has 0 aliphatic carbocycles. The third-order valence-electron chi connectivity index (χ3n) is 2.93. The monoisotopic (exact) mass is 268 g/mol. The van der Waals surface area contributed by atoms with Crippen molar-refractivity contribution in [1.82, 2.24) is 10.2 Å². The fourth-order valence-corrected chi connectivity index (χ4v) is 2.00. The summed E-state index contributed by atoms with van der Waals surface area (Å²) in [6.45, 7) is 6.52. The van der Waals surface area contributed by atoms with Crippen molar-refractivity contribution in [3.63, 3.8) is 0 Å². The molecule has 0 saturated carbocycles. The van der Waals surface area contributed by atoms with Crippen molar-refractivity contribution in [2.24, 2.45) is 5.92 Å². The summed E-state index contributed by atoms with van der Waals surface area (Å²) in [6.07, 6.45) is 2.89. The molecule has 1 saturated heterocycles. The minimum Gasteiger partial charge on any atom is -0.466 e. The number of rotatable bonds is 4. The van der Waals surface area contributed by atoms with Crippen LogP contribution in [-0.2, 0) is 19.1 Å². The lowest BCUT2D eigenvalue weighted by atomic mass is 9.98. The Kier molecular flexibility index (Phi) is 6.05. The van der Waals surface area contributed by atoms with Crippen LogP contribution >= 0.6 is 0 Å². The molecule has 1 fully saturated rings. The van der Waals surface area contributed by atoms with Crippen molar-refractivity contribution in [2.45, 2.75) is 19.8 Å². The fraction of sp³-hybridized carbons (Fsp3) is 0.615. The van der Waals surface area contributed by atoms with E-state index in [1.54, 1.807) is 6.92 Å². The lowest BCUT2D eigenvalue weighted by Gasteiger charge is -2.30. The summed E-state index contributed by atoms with van der Waals surface area (Å²) >= 11 is 0. The number of piperidine rings is 1. The lowest BCUT2D eigenvalue weighted by Crippen LogP contribution is -2.48. The number of likely N-dealkylation sites (tertiary alicyclic amines) is 1. The van der Waals surface area contributed by atoms with Crippen LogP contribution in [0.15, 0.2) is 12.7 Å². The molecule has 0 bridgehead atoms. The Morgan fingerprint density at radius 3 is 2.84 bits per heavy atom. The van der Waals surface area contributed by atoms with Crippen molar-refractivity contribution in [2.75, 3.05) is 26.2 Å². The first-order valence-electron chi connectivity index (χ1n) is 6.44. The van der Waals surface area contributed by atoms with Crippen LogP contribution in [0.5, 0.6) is 0 Å². The number of amides is 2. The average molecular weight is 268 g/mol. The van der Waals surface area contributed by atoms with Crippen molar-refractivity contribution in [1.29, 1.82) is 0 Å². The molecule has 1 unspecified atom stereocenters. The van der Waals surface area contributed by atoms with E-state index in [0.717, 1.165) is 0 Å². The highest BCUT2D eigenvalue weighted by Gasteiger charge is 2.31. The van der Waals surface area contributed by atoms with Gasteiger partial charge in [0.15, 0.2) is 0 Å². The lowest BCUT2D eigenvalue weighted by molar-refractivity contribution is -0.153. The van der Waals surface area contributed by atoms with Crippen LogP contribution in [0.4, 0.5) is 0 Å². The van der Waals surface area contributed by atoms with Crippen LogP contribution in [-0.4, -0.2) is 48.9 Å². The first-order chi connectivity index (χ1) is 9.10. The molecule has 0 aromatic heterocycles. The number of nitrogens with zero attached hydrogens (tertiary/aromatic N) is 1. The Balaban J connectivity index is 2.54. The van der Waals surface area contributed by atoms with Gasteiger partial charge in [-0.25, -0.2) is 0 Å². The molecule has 106 valence electrons. The number of hydrogen-bond acceptors (Lipinski definition) is 4. The van der Waals surface area contributed by atoms with Gasteiger partial charge in [0.2, 0.25) is 0 Å². The van der Waals surface area contributed by atoms with E-state index in [0.29, 0.717) is 26.0 Å². The smallest absolute Gasteiger partial charge is 0.311 e. The van der Waals surface area contributed by atoms with Gasteiger partial charge in [-0.1, -0.05) is 6.08 Å². The highest BCUT2D eigenvalue weighted by molar-refractivity contribution is 6.35. The molecular formula is C13H20N2O4. The van der Waals surface area contributed by atoms with Gasteiger partial charge in [0.1, 0.15) is 0 Å². The van der Waals surface area contributed by atoms with E-state index in [1.807, 2.05) is 0 Å². The van der Waals surface area contributed by atoms with E-state index in [-0.39, 0.29) is 25.0 Å². The maximum Gasteiger partial charge on any atom is 0.311 e. The predicted molar refractivity (Wildman–Crippen MR) is 69.1 cm³/mol. The number of esters is 1. The number of hydrogen-bond donors (Lipinski definition) is 1. The fourth-order valence-electron chi connectivity index (χ4n) is 2.00. The molecule has 1 rings (SSSR count). The minimum atomic E-state index is -0.663. The Hall–Kier alpha value is -1.85. The van der Waals surface area contributed by atoms with Gasteiger partial charge in [0, 0.05) is 19.6 Å². The van der Waals surface area contributed by atoms with E-state index >= 15 is 0 Å². The zero-order valence-corrected chi connectivity index (χ0v) is 11.2. The standard InChI is InChI=1S/C13H20N2O4/c1-3-7-14-11(16)12(17)15-8-5-6-10(9-15)13(18)19-4-2/h3,10H,1,4-9H2,2H3,(H,14,16). The summed E-state index contributed by atoms with van der Waals surface area (Å²) in [5.74, 6) is -1.89. The Bertz CT molecular complexity index is 368. The second kappa shape index (κ2) is 7.56. The summed E-state index contributed by atoms with van der Waals surface area (Å²) in [5, 5.41) is 2.43.